The van der Waals surface area contributed by atoms with Crippen molar-refractivity contribution in [2.75, 3.05) is 11.9 Å². The van der Waals surface area contributed by atoms with Crippen LogP contribution >= 0.6 is 0 Å². The van der Waals surface area contributed by atoms with Crippen LogP contribution in [0.4, 0.5) is 5.82 Å². The van der Waals surface area contributed by atoms with Gasteiger partial charge in [-0.25, -0.2) is 9.97 Å². The number of nitrogens with one attached hydrogen (secondary N) is 2. The molecule has 2 aliphatic carbocycles. The van der Waals surface area contributed by atoms with Gasteiger partial charge in [-0.1, -0.05) is 20.8 Å². The van der Waals surface area contributed by atoms with Crippen LogP contribution in [0.5, 0.6) is 0 Å². The molecule has 26 heavy (non-hydrogen) atoms. The highest BCUT2D eigenvalue weighted by Crippen LogP contribution is 2.41. The molecule has 4 atom stereocenters. The Bertz CT molecular complexity index is 723. The lowest BCUT2D eigenvalue weighted by Gasteiger charge is -2.41. The molecule has 1 heterocycles. The first-order valence-corrected chi connectivity index (χ1v) is 9.57. The quantitative estimate of drug-likeness (QED) is 0.847. The number of hydrogen-bond donors (Lipinski definition) is 2. The maximum Gasteiger partial charge on any atom is 0.223 e. The van der Waals surface area contributed by atoms with E-state index in [2.05, 4.69) is 47.4 Å². The highest BCUT2D eigenvalue weighted by atomic mass is 16.2. The third-order valence-corrected chi connectivity index (χ3v) is 5.79. The number of aryl methyl sites for hydroxylation is 1. The second-order valence-corrected chi connectivity index (χ2v) is 8.78. The van der Waals surface area contributed by atoms with Crippen molar-refractivity contribution in [3.8, 4) is 6.07 Å². The summed E-state index contributed by atoms with van der Waals surface area (Å²) in [7, 11) is 0. The predicted molar refractivity (Wildman–Crippen MR) is 100 cm³/mol. The van der Waals surface area contributed by atoms with Crippen molar-refractivity contribution in [3.63, 3.8) is 0 Å². The molecule has 0 bridgehead atoms. The fourth-order valence-electron chi connectivity index (χ4n) is 4.07. The van der Waals surface area contributed by atoms with E-state index in [1.807, 2.05) is 0 Å². The molecule has 0 saturated heterocycles. The number of aromatic nitrogens is 2. The van der Waals surface area contributed by atoms with Crippen LogP contribution in [0.1, 0.15) is 58.0 Å². The van der Waals surface area contributed by atoms with Crippen LogP contribution in [0.3, 0.4) is 0 Å². The Balaban J connectivity index is 1.66. The van der Waals surface area contributed by atoms with Gasteiger partial charge in [-0.3, -0.25) is 4.79 Å². The molecule has 3 rings (SSSR count). The van der Waals surface area contributed by atoms with Crippen molar-refractivity contribution in [2.24, 2.45) is 23.2 Å². The average molecular weight is 355 g/mol. The van der Waals surface area contributed by atoms with E-state index in [0.29, 0.717) is 29.2 Å². The van der Waals surface area contributed by atoms with Crippen LogP contribution in [-0.2, 0) is 4.79 Å². The summed E-state index contributed by atoms with van der Waals surface area (Å²) in [6.07, 6.45) is 4.21. The zero-order valence-corrected chi connectivity index (χ0v) is 16.2. The van der Waals surface area contributed by atoms with Crippen molar-refractivity contribution < 1.29 is 4.79 Å². The summed E-state index contributed by atoms with van der Waals surface area (Å²) in [4.78, 5) is 20.9. The Morgan fingerprint density at radius 3 is 2.81 bits per heavy atom. The van der Waals surface area contributed by atoms with E-state index in [1.54, 1.807) is 13.0 Å². The van der Waals surface area contributed by atoms with Crippen LogP contribution in [-0.4, -0.2) is 28.5 Å². The summed E-state index contributed by atoms with van der Waals surface area (Å²) >= 11 is 0. The zero-order valence-electron chi connectivity index (χ0n) is 16.2. The Morgan fingerprint density at radius 2 is 2.15 bits per heavy atom. The summed E-state index contributed by atoms with van der Waals surface area (Å²) < 4.78 is 0. The van der Waals surface area contributed by atoms with Crippen LogP contribution < -0.4 is 10.6 Å². The fourth-order valence-corrected chi connectivity index (χ4v) is 4.07. The van der Waals surface area contributed by atoms with Crippen molar-refractivity contribution >= 4 is 11.7 Å². The van der Waals surface area contributed by atoms with Crippen molar-refractivity contribution in [2.45, 2.75) is 59.4 Å². The molecule has 6 nitrogen and oxygen atoms in total. The lowest BCUT2D eigenvalue weighted by atomic mass is 9.69. The van der Waals surface area contributed by atoms with Crippen molar-refractivity contribution in [1.82, 2.24) is 15.3 Å². The van der Waals surface area contributed by atoms with Gasteiger partial charge in [0.05, 0.1) is 0 Å². The molecule has 0 aromatic carbocycles. The molecule has 2 saturated carbocycles. The molecule has 1 aromatic rings. The van der Waals surface area contributed by atoms with E-state index < -0.39 is 0 Å². The zero-order chi connectivity index (χ0) is 18.9. The normalized spacial score (nSPS) is 29.5. The number of nitrogens with zero attached hydrogens (tertiary/aromatic N) is 3. The number of hydrogen-bond acceptors (Lipinski definition) is 5. The Morgan fingerprint density at radius 1 is 1.42 bits per heavy atom. The Hall–Kier alpha value is -2.16. The summed E-state index contributed by atoms with van der Waals surface area (Å²) in [6.45, 7) is 9.25. The number of rotatable bonds is 5. The molecule has 0 aliphatic heterocycles. The van der Waals surface area contributed by atoms with Crippen LogP contribution in [0.2, 0.25) is 0 Å². The first kappa shape index (κ1) is 18.6. The molecule has 2 fully saturated rings. The minimum atomic E-state index is 0.203. The molecule has 2 aliphatic rings. The van der Waals surface area contributed by atoms with E-state index in [9.17, 15) is 4.79 Å². The molecule has 1 amide bonds. The fraction of sp³-hybridized carbons (Fsp3) is 0.700. The average Bonchev–Trinajstić information content (AvgIpc) is 3.31. The van der Waals surface area contributed by atoms with Gasteiger partial charge < -0.3 is 10.6 Å². The van der Waals surface area contributed by atoms with Gasteiger partial charge in [0, 0.05) is 24.6 Å². The molecule has 140 valence electrons. The van der Waals surface area contributed by atoms with Crippen LogP contribution in [0, 0.1) is 41.4 Å². The molecule has 4 unspecified atom stereocenters. The summed E-state index contributed by atoms with van der Waals surface area (Å²) in [5.41, 5.74) is 0.649. The lowest BCUT2D eigenvalue weighted by Crippen LogP contribution is -2.48. The Kier molecular flexibility index (Phi) is 5.17. The third-order valence-electron chi connectivity index (χ3n) is 5.79. The first-order valence-electron chi connectivity index (χ1n) is 9.57. The largest absolute Gasteiger partial charge is 0.370 e. The monoisotopic (exact) mass is 355 g/mol. The maximum absolute atomic E-state index is 12.4. The van der Waals surface area contributed by atoms with Gasteiger partial charge in [0.2, 0.25) is 5.91 Å². The SMILES string of the molecule is Cc1nc(C#N)cc(NCC2CC(C)(C)CCC2NC(=O)C2CC2C)n1. The molecular formula is C20H29N5O. The molecule has 1 aromatic heterocycles. The lowest BCUT2D eigenvalue weighted by molar-refractivity contribution is -0.124. The van der Waals surface area contributed by atoms with Gasteiger partial charge in [0.1, 0.15) is 23.4 Å². The number of carbonyl (C=O) groups excluding carboxylic acids is 1. The second kappa shape index (κ2) is 7.22. The molecule has 2 N–H and O–H groups in total. The van der Waals surface area contributed by atoms with Gasteiger partial charge in [0.25, 0.3) is 0 Å². The topological polar surface area (TPSA) is 90.7 Å². The van der Waals surface area contributed by atoms with E-state index in [0.717, 1.165) is 32.2 Å². The minimum absolute atomic E-state index is 0.203. The van der Waals surface area contributed by atoms with Gasteiger partial charge in [-0.2, -0.15) is 5.26 Å². The predicted octanol–water partition coefficient (Wildman–Crippen LogP) is 3.04. The van der Waals surface area contributed by atoms with Crippen molar-refractivity contribution in [1.29, 1.82) is 5.26 Å². The van der Waals surface area contributed by atoms with E-state index >= 15 is 0 Å². The van der Waals surface area contributed by atoms with Crippen LogP contribution in [0.25, 0.3) is 0 Å². The molecular weight excluding hydrogens is 326 g/mol. The van der Waals surface area contributed by atoms with Gasteiger partial charge in [-0.05, 0) is 49.9 Å². The number of carbonyl (C=O) groups is 1. The maximum atomic E-state index is 12.4. The highest BCUT2D eigenvalue weighted by Gasteiger charge is 2.42. The standard InChI is InChI=1S/C20H29N5O/c1-12-7-16(12)19(26)25-17-5-6-20(3,4)9-14(17)11-22-18-8-15(10-21)23-13(2)24-18/h8,12,14,16-17H,5-7,9,11H2,1-4H3,(H,25,26)(H,22,23,24). The summed E-state index contributed by atoms with van der Waals surface area (Å²) in [5.74, 6) is 2.57. The molecule has 6 heteroatoms. The van der Waals surface area contributed by atoms with Crippen LogP contribution in [0.15, 0.2) is 6.07 Å². The second-order valence-electron chi connectivity index (χ2n) is 8.78. The smallest absolute Gasteiger partial charge is 0.223 e. The number of nitriles is 1. The number of anilines is 1. The highest BCUT2D eigenvalue weighted by molar-refractivity contribution is 5.81. The first-order chi connectivity index (χ1) is 12.3. The third kappa shape index (κ3) is 4.51. The molecule has 0 spiro atoms. The number of amides is 1. The van der Waals surface area contributed by atoms with Gasteiger partial charge in [0.15, 0.2) is 0 Å². The minimum Gasteiger partial charge on any atom is -0.370 e. The van der Waals surface area contributed by atoms with Gasteiger partial charge >= 0.3 is 0 Å². The molecule has 0 radical (unpaired) electrons. The van der Waals surface area contributed by atoms with E-state index in [4.69, 9.17) is 5.26 Å². The van der Waals surface area contributed by atoms with E-state index in [1.165, 1.54) is 0 Å². The van der Waals surface area contributed by atoms with Crippen molar-refractivity contribution in [3.05, 3.63) is 17.6 Å². The summed E-state index contributed by atoms with van der Waals surface area (Å²) in [5, 5.41) is 15.8. The Labute approximate surface area is 155 Å². The summed E-state index contributed by atoms with van der Waals surface area (Å²) in [6, 6.07) is 3.95. The van der Waals surface area contributed by atoms with Gasteiger partial charge in [-0.15, -0.1) is 0 Å². The van der Waals surface area contributed by atoms with E-state index in [-0.39, 0.29) is 23.3 Å².